The average Bonchev–Trinajstić information content (AvgIpc) is 3.23. The maximum atomic E-state index is 13.5. The van der Waals surface area contributed by atoms with Crippen LogP contribution >= 0.6 is 11.3 Å². The summed E-state index contributed by atoms with van der Waals surface area (Å²) < 4.78 is 0. The number of fused-ring (bicyclic) bond motifs is 1. The number of hydrogen-bond donors (Lipinski definition) is 0. The first kappa shape index (κ1) is 15.1. The zero-order valence-corrected chi connectivity index (χ0v) is 14.3. The van der Waals surface area contributed by atoms with Crippen LogP contribution in [-0.4, -0.2) is 10.9 Å². The van der Waals surface area contributed by atoms with Gasteiger partial charge in [0, 0.05) is 11.6 Å². The molecule has 120 valence electrons. The lowest BCUT2D eigenvalue weighted by atomic mass is 9.85. The summed E-state index contributed by atoms with van der Waals surface area (Å²) in [6, 6.07) is 18.1. The molecule has 4 rings (SSSR count). The first-order chi connectivity index (χ1) is 11.7. The number of carbonyl (C=O) groups is 1. The van der Waals surface area contributed by atoms with Crippen molar-refractivity contribution >= 4 is 28.1 Å². The molecule has 1 heterocycles. The van der Waals surface area contributed by atoms with Crippen LogP contribution in [0.1, 0.15) is 18.1 Å². The van der Waals surface area contributed by atoms with Crippen LogP contribution in [0.3, 0.4) is 0 Å². The van der Waals surface area contributed by atoms with Crippen molar-refractivity contribution in [3.8, 4) is 0 Å². The molecule has 3 aromatic rings. The van der Waals surface area contributed by atoms with Gasteiger partial charge in [0.25, 0.3) is 0 Å². The molecule has 1 aliphatic rings. The van der Waals surface area contributed by atoms with Crippen LogP contribution in [0.25, 0.3) is 0 Å². The number of para-hydroxylation sites is 1. The van der Waals surface area contributed by atoms with Gasteiger partial charge in [-0.2, -0.15) is 0 Å². The molecule has 2 aromatic carbocycles. The topological polar surface area (TPSA) is 33.2 Å². The minimum absolute atomic E-state index is 0.111. The zero-order chi connectivity index (χ0) is 16.6. The van der Waals surface area contributed by atoms with Gasteiger partial charge in [-0.25, -0.2) is 4.98 Å². The fourth-order valence-electron chi connectivity index (χ4n) is 3.44. The Labute approximate surface area is 145 Å². The molecule has 0 radical (unpaired) electrons. The Morgan fingerprint density at radius 2 is 1.67 bits per heavy atom. The molecule has 4 heteroatoms. The molecule has 1 aliphatic carbocycles. The van der Waals surface area contributed by atoms with E-state index in [2.05, 4.69) is 24.0 Å². The van der Waals surface area contributed by atoms with Crippen LogP contribution in [0.4, 0.5) is 10.8 Å². The Hall–Kier alpha value is -2.46. The van der Waals surface area contributed by atoms with Crippen LogP contribution < -0.4 is 4.90 Å². The summed E-state index contributed by atoms with van der Waals surface area (Å²) >= 11 is 1.49. The Morgan fingerprint density at radius 3 is 2.25 bits per heavy atom. The van der Waals surface area contributed by atoms with Crippen LogP contribution in [0, 0.1) is 5.41 Å². The number of benzene rings is 2. The molecular formula is C20H18N2OS. The normalized spacial score (nSPS) is 15.0. The molecule has 24 heavy (non-hydrogen) atoms. The standard InChI is InChI=1S/C20H18N2OS/c1-20(13-15-7-5-6-8-16(15)14-20)18(23)22(19-21-11-12-24-19)17-9-3-2-4-10-17/h2-12H,13-14H2,1H3. The van der Waals surface area contributed by atoms with Gasteiger partial charge >= 0.3 is 0 Å². The Balaban J connectivity index is 1.73. The molecule has 1 aromatic heterocycles. The van der Waals surface area contributed by atoms with Crippen molar-refractivity contribution in [2.24, 2.45) is 5.41 Å². The summed E-state index contributed by atoms with van der Waals surface area (Å²) in [6.45, 7) is 2.07. The number of anilines is 2. The second-order valence-electron chi connectivity index (χ2n) is 6.47. The van der Waals surface area contributed by atoms with Gasteiger partial charge in [-0.15, -0.1) is 11.3 Å². The van der Waals surface area contributed by atoms with E-state index in [1.807, 2.05) is 47.8 Å². The number of carbonyl (C=O) groups excluding carboxylic acids is 1. The maximum Gasteiger partial charge on any atom is 0.239 e. The van der Waals surface area contributed by atoms with Crippen LogP contribution in [0.2, 0.25) is 0 Å². The minimum atomic E-state index is -0.439. The fourth-order valence-corrected chi connectivity index (χ4v) is 4.10. The first-order valence-corrected chi connectivity index (χ1v) is 8.91. The molecule has 0 saturated heterocycles. The Bertz CT molecular complexity index is 833. The molecule has 3 nitrogen and oxygen atoms in total. The Kier molecular flexibility index (Phi) is 3.69. The number of aromatic nitrogens is 1. The SMILES string of the molecule is CC1(C(=O)N(c2ccccc2)c2nccs2)Cc2ccccc2C1. The van der Waals surface area contributed by atoms with Gasteiger partial charge in [-0.05, 0) is 36.1 Å². The minimum Gasteiger partial charge on any atom is -0.273 e. The van der Waals surface area contributed by atoms with Gasteiger partial charge in [0.1, 0.15) is 0 Å². The largest absolute Gasteiger partial charge is 0.273 e. The third kappa shape index (κ3) is 2.53. The van der Waals surface area contributed by atoms with E-state index in [1.165, 1.54) is 22.5 Å². The third-order valence-corrected chi connectivity index (χ3v) is 5.38. The van der Waals surface area contributed by atoms with Crippen molar-refractivity contribution in [3.63, 3.8) is 0 Å². The average molecular weight is 334 g/mol. The molecule has 0 bridgehead atoms. The second kappa shape index (κ2) is 5.87. The highest BCUT2D eigenvalue weighted by atomic mass is 32.1. The molecule has 0 unspecified atom stereocenters. The predicted octanol–water partition coefficient (Wildman–Crippen LogP) is 4.61. The third-order valence-electron chi connectivity index (χ3n) is 4.62. The van der Waals surface area contributed by atoms with E-state index in [4.69, 9.17) is 0 Å². The van der Waals surface area contributed by atoms with E-state index in [-0.39, 0.29) is 5.91 Å². The number of amides is 1. The van der Waals surface area contributed by atoms with E-state index < -0.39 is 5.41 Å². The van der Waals surface area contributed by atoms with Crippen molar-refractivity contribution in [2.45, 2.75) is 19.8 Å². The van der Waals surface area contributed by atoms with Gasteiger partial charge in [0.05, 0.1) is 11.1 Å². The summed E-state index contributed by atoms with van der Waals surface area (Å²) in [7, 11) is 0. The number of hydrogen-bond acceptors (Lipinski definition) is 3. The van der Waals surface area contributed by atoms with Gasteiger partial charge in [0.15, 0.2) is 5.13 Å². The van der Waals surface area contributed by atoms with Crippen LogP contribution in [-0.2, 0) is 17.6 Å². The lowest BCUT2D eigenvalue weighted by Gasteiger charge is -2.30. The number of thiazole rings is 1. The fraction of sp³-hybridized carbons (Fsp3) is 0.200. The summed E-state index contributed by atoms with van der Waals surface area (Å²) in [5.41, 5.74) is 2.99. The lowest BCUT2D eigenvalue weighted by molar-refractivity contribution is -0.126. The highest BCUT2D eigenvalue weighted by molar-refractivity contribution is 7.13. The maximum absolute atomic E-state index is 13.5. The van der Waals surface area contributed by atoms with E-state index in [1.54, 1.807) is 11.1 Å². The highest BCUT2D eigenvalue weighted by Crippen LogP contribution is 2.41. The molecule has 0 N–H and O–H groups in total. The lowest BCUT2D eigenvalue weighted by Crippen LogP contribution is -2.40. The van der Waals surface area contributed by atoms with E-state index in [0.29, 0.717) is 0 Å². The zero-order valence-electron chi connectivity index (χ0n) is 13.5. The smallest absolute Gasteiger partial charge is 0.239 e. The van der Waals surface area contributed by atoms with Crippen molar-refractivity contribution < 1.29 is 4.79 Å². The number of rotatable bonds is 3. The molecule has 0 saturated carbocycles. The van der Waals surface area contributed by atoms with Gasteiger partial charge < -0.3 is 0 Å². The van der Waals surface area contributed by atoms with E-state index in [9.17, 15) is 4.79 Å². The van der Waals surface area contributed by atoms with Gasteiger partial charge in [-0.3, -0.25) is 9.69 Å². The monoisotopic (exact) mass is 334 g/mol. The van der Waals surface area contributed by atoms with Crippen molar-refractivity contribution in [2.75, 3.05) is 4.90 Å². The van der Waals surface area contributed by atoms with E-state index >= 15 is 0 Å². The highest BCUT2D eigenvalue weighted by Gasteiger charge is 2.43. The van der Waals surface area contributed by atoms with Crippen molar-refractivity contribution in [1.29, 1.82) is 0 Å². The summed E-state index contributed by atoms with van der Waals surface area (Å²) in [5, 5.41) is 2.63. The van der Waals surface area contributed by atoms with Crippen LogP contribution in [0.5, 0.6) is 0 Å². The summed E-state index contributed by atoms with van der Waals surface area (Å²) in [6.07, 6.45) is 3.29. The van der Waals surface area contributed by atoms with Gasteiger partial charge in [-0.1, -0.05) is 49.4 Å². The quantitative estimate of drug-likeness (QED) is 0.700. The van der Waals surface area contributed by atoms with Gasteiger partial charge in [0.2, 0.25) is 5.91 Å². The predicted molar refractivity (Wildman–Crippen MR) is 97.7 cm³/mol. The van der Waals surface area contributed by atoms with Crippen LogP contribution in [0.15, 0.2) is 66.2 Å². The molecule has 0 spiro atoms. The molecule has 0 aliphatic heterocycles. The van der Waals surface area contributed by atoms with E-state index in [0.717, 1.165) is 23.7 Å². The van der Waals surface area contributed by atoms with Crippen molar-refractivity contribution in [1.82, 2.24) is 4.98 Å². The molecule has 0 atom stereocenters. The summed E-state index contributed by atoms with van der Waals surface area (Å²) in [5.74, 6) is 0.111. The number of nitrogens with zero attached hydrogens (tertiary/aromatic N) is 2. The molecular weight excluding hydrogens is 316 g/mol. The first-order valence-electron chi connectivity index (χ1n) is 8.03. The summed E-state index contributed by atoms with van der Waals surface area (Å²) in [4.78, 5) is 19.7. The van der Waals surface area contributed by atoms with Crippen molar-refractivity contribution in [3.05, 3.63) is 77.3 Å². The second-order valence-corrected chi connectivity index (χ2v) is 7.35. The Morgan fingerprint density at radius 1 is 1.04 bits per heavy atom. The molecule has 1 amide bonds. The molecule has 0 fully saturated rings.